The maximum atomic E-state index is 13.9. The lowest BCUT2D eigenvalue weighted by atomic mass is 9.86. The summed E-state index contributed by atoms with van der Waals surface area (Å²) in [5.41, 5.74) is 15.1. The van der Waals surface area contributed by atoms with Gasteiger partial charge in [-0.2, -0.15) is 0 Å². The molecule has 0 radical (unpaired) electrons. The number of hydrogen-bond acceptors (Lipinski definition) is 9. The molecule has 9 nitrogen and oxygen atoms in total. The van der Waals surface area contributed by atoms with Gasteiger partial charge in [-0.3, -0.25) is 9.59 Å². The van der Waals surface area contributed by atoms with Crippen LogP contribution in [0.1, 0.15) is 120 Å². The predicted molar refractivity (Wildman–Crippen MR) is 234 cm³/mol. The van der Waals surface area contributed by atoms with Crippen LogP contribution < -0.4 is 5.32 Å². The molecule has 6 aliphatic rings. The standard InChI is InChI=1S/C49H60N4O5/c1-10-33-37(26-54)42-25-43-46(32(9)55)31(8)39(50-43)23-38-30(7)35(18-19-45(57)58-21-20-29(6)17-13-16-28(5)15-12-14-27(3)4)48(52-38)36-22-44(56)47-34(11-2)41(53-49(36)47)24-40(33)51-42/h14,16,20,23-26,30,32,35,52,54-55H,10-13,15,17-19,21-22H2,1-9H3/b28-16+,29-20+,37-26+,38-23?,41-24?,43-25?,48-36?/t30-,32+,35-/m0/s1. The summed E-state index contributed by atoms with van der Waals surface area (Å²) in [6.45, 7) is 18.6. The summed E-state index contributed by atoms with van der Waals surface area (Å²) in [5, 5.41) is 25.1. The smallest absolute Gasteiger partial charge is 0.306 e. The maximum absolute atomic E-state index is 13.9. The van der Waals surface area contributed by atoms with E-state index in [9.17, 15) is 19.8 Å². The average molecular weight is 785 g/mol. The molecule has 2 fully saturated rings. The molecule has 5 heterocycles. The first-order valence-corrected chi connectivity index (χ1v) is 21.0. The summed E-state index contributed by atoms with van der Waals surface area (Å²) in [4.78, 5) is 42.3. The van der Waals surface area contributed by atoms with Crippen LogP contribution in [0.2, 0.25) is 0 Å². The van der Waals surface area contributed by atoms with Crippen LogP contribution in [0.5, 0.6) is 0 Å². The van der Waals surface area contributed by atoms with E-state index >= 15 is 0 Å². The van der Waals surface area contributed by atoms with Crippen molar-refractivity contribution in [2.24, 2.45) is 26.8 Å². The normalized spacial score (nSPS) is 23.0. The molecule has 0 spiro atoms. The van der Waals surface area contributed by atoms with Crippen LogP contribution in [0, 0.1) is 11.8 Å². The molecule has 58 heavy (non-hydrogen) atoms. The van der Waals surface area contributed by atoms with Gasteiger partial charge in [0.15, 0.2) is 5.78 Å². The van der Waals surface area contributed by atoms with Gasteiger partial charge in [0, 0.05) is 58.4 Å². The molecule has 3 atom stereocenters. The Morgan fingerprint density at radius 1 is 0.931 bits per heavy atom. The number of nitrogens with zero attached hydrogens (tertiary/aromatic N) is 3. The van der Waals surface area contributed by atoms with Crippen molar-refractivity contribution in [1.29, 1.82) is 0 Å². The Morgan fingerprint density at radius 3 is 2.31 bits per heavy atom. The number of carbonyl (C=O) groups is 2. The van der Waals surface area contributed by atoms with Crippen LogP contribution >= 0.6 is 0 Å². The molecular weight excluding hydrogens is 725 g/mol. The highest BCUT2D eigenvalue weighted by Gasteiger charge is 2.43. The predicted octanol–water partition coefficient (Wildman–Crippen LogP) is 10.4. The molecule has 306 valence electrons. The number of fused-ring (bicyclic) bond motifs is 5. The lowest BCUT2D eigenvalue weighted by molar-refractivity contribution is -0.142. The molecule has 0 amide bonds. The lowest BCUT2D eigenvalue weighted by Crippen LogP contribution is -2.15. The first kappa shape index (κ1) is 42.5. The van der Waals surface area contributed by atoms with Crippen molar-refractivity contribution in [3.05, 3.63) is 127 Å². The van der Waals surface area contributed by atoms with Gasteiger partial charge in [0.1, 0.15) is 6.61 Å². The molecule has 8 bridgehead atoms. The molecule has 0 aromatic carbocycles. The van der Waals surface area contributed by atoms with E-state index in [1.807, 2.05) is 45.1 Å². The number of allylic oxidation sites excluding steroid dienone is 16. The number of esters is 1. The first-order valence-electron chi connectivity index (χ1n) is 21.0. The Kier molecular flexibility index (Phi) is 13.3. The van der Waals surface area contributed by atoms with Gasteiger partial charge >= 0.3 is 5.97 Å². The fourth-order valence-electron chi connectivity index (χ4n) is 8.80. The number of ether oxygens (including phenoxy) is 1. The van der Waals surface area contributed by atoms with E-state index in [0.717, 1.165) is 65.6 Å². The molecule has 6 rings (SSSR count). The fourth-order valence-corrected chi connectivity index (χ4v) is 8.80. The Balaban J connectivity index is 1.30. The van der Waals surface area contributed by atoms with Gasteiger partial charge in [0.2, 0.25) is 0 Å². The summed E-state index contributed by atoms with van der Waals surface area (Å²) in [7, 11) is 0. The van der Waals surface area contributed by atoms with Gasteiger partial charge in [-0.05, 0) is 128 Å². The van der Waals surface area contributed by atoms with Gasteiger partial charge in [-0.15, -0.1) is 0 Å². The number of Topliss-reactive ketones (excluding diaryl/α,β-unsaturated/α-hetero) is 1. The quantitative estimate of drug-likeness (QED) is 0.0913. The number of ketones is 1. The van der Waals surface area contributed by atoms with Crippen molar-refractivity contribution in [3.63, 3.8) is 0 Å². The van der Waals surface area contributed by atoms with Crippen molar-refractivity contribution < 1.29 is 24.5 Å². The summed E-state index contributed by atoms with van der Waals surface area (Å²) in [5.74, 6) is -0.368. The topological polar surface area (TPSA) is 133 Å². The van der Waals surface area contributed by atoms with Crippen molar-refractivity contribution in [2.75, 3.05) is 6.61 Å². The highest BCUT2D eigenvalue weighted by Crippen LogP contribution is 2.46. The average Bonchev–Trinajstić information content (AvgIpc) is 3.94. The highest BCUT2D eigenvalue weighted by atomic mass is 16.5. The van der Waals surface area contributed by atoms with Gasteiger partial charge in [-0.1, -0.05) is 49.6 Å². The molecule has 1 aliphatic carbocycles. The Labute approximate surface area is 344 Å². The number of aliphatic hydroxyl groups is 2. The zero-order valence-corrected chi connectivity index (χ0v) is 35.8. The van der Waals surface area contributed by atoms with Crippen LogP contribution in [-0.2, 0) is 14.3 Å². The van der Waals surface area contributed by atoms with Gasteiger partial charge < -0.3 is 20.3 Å². The van der Waals surface area contributed by atoms with E-state index < -0.39 is 6.10 Å². The molecule has 0 aromatic rings. The third kappa shape index (κ3) is 8.80. The van der Waals surface area contributed by atoms with E-state index in [2.05, 4.69) is 52.1 Å². The monoisotopic (exact) mass is 784 g/mol. The number of rotatable bonds is 14. The second-order valence-corrected chi connectivity index (χ2v) is 16.5. The number of aliphatic imine (C=N–C) groups is 3. The van der Waals surface area contributed by atoms with E-state index in [4.69, 9.17) is 19.7 Å². The van der Waals surface area contributed by atoms with E-state index in [1.54, 1.807) is 6.92 Å². The van der Waals surface area contributed by atoms with Crippen LogP contribution in [0.15, 0.2) is 142 Å². The second kappa shape index (κ2) is 18.2. The molecule has 1 saturated heterocycles. The molecular formula is C49H60N4O5. The fraction of sp³-hybridized carbons (Fsp3) is 0.449. The van der Waals surface area contributed by atoms with E-state index in [0.29, 0.717) is 70.2 Å². The summed E-state index contributed by atoms with van der Waals surface area (Å²) < 4.78 is 5.73. The van der Waals surface area contributed by atoms with Gasteiger partial charge in [-0.25, -0.2) is 15.0 Å². The third-order valence-electron chi connectivity index (χ3n) is 12.1. The largest absolute Gasteiger partial charge is 0.515 e. The highest BCUT2D eigenvalue weighted by molar-refractivity contribution is 6.38. The van der Waals surface area contributed by atoms with Crippen LogP contribution in [-0.4, -0.2) is 51.8 Å². The van der Waals surface area contributed by atoms with Crippen LogP contribution in [0.25, 0.3) is 0 Å². The number of aliphatic hydroxyl groups excluding tert-OH is 2. The number of carbonyl (C=O) groups excluding carboxylic acids is 2. The van der Waals surface area contributed by atoms with Crippen molar-refractivity contribution >= 4 is 28.9 Å². The van der Waals surface area contributed by atoms with E-state index in [-0.39, 0.29) is 43.0 Å². The van der Waals surface area contributed by atoms with Crippen molar-refractivity contribution in [1.82, 2.24) is 5.32 Å². The van der Waals surface area contributed by atoms with Crippen LogP contribution in [0.3, 0.4) is 0 Å². The van der Waals surface area contributed by atoms with Crippen molar-refractivity contribution in [2.45, 2.75) is 126 Å². The Morgan fingerprint density at radius 2 is 1.64 bits per heavy atom. The summed E-state index contributed by atoms with van der Waals surface area (Å²) in [6.07, 6.45) is 18.9. The molecule has 3 N–H and O–H groups in total. The molecule has 0 aromatic heterocycles. The summed E-state index contributed by atoms with van der Waals surface area (Å²) >= 11 is 0. The van der Waals surface area contributed by atoms with Gasteiger partial charge in [0.25, 0.3) is 0 Å². The van der Waals surface area contributed by atoms with Gasteiger partial charge in [0.05, 0.1) is 46.6 Å². The SMILES string of the molecule is CCC1=C2C(=O)CC3=C4NC(=CC5=NC(=CC6=NC(=C(CC)/C6=C\O)C=C1N=C32)C([C@@H](C)O)=C5C)[C@@H](C)[C@@H]4CCC(=O)OC/C=C(\C)CC/C=C(\C)CCC=C(C)C. The summed E-state index contributed by atoms with van der Waals surface area (Å²) in [6, 6.07) is 0. The minimum Gasteiger partial charge on any atom is -0.515 e. The molecule has 9 heteroatoms. The third-order valence-corrected chi connectivity index (χ3v) is 12.1. The minimum atomic E-state index is -0.796. The van der Waals surface area contributed by atoms with Crippen molar-refractivity contribution in [3.8, 4) is 0 Å². The second-order valence-electron chi connectivity index (χ2n) is 16.5. The Hall–Kier alpha value is -5.15. The number of hydrogen-bond donors (Lipinski definition) is 3. The van der Waals surface area contributed by atoms with Crippen LogP contribution in [0.4, 0.5) is 0 Å². The van der Waals surface area contributed by atoms with E-state index in [1.165, 1.54) is 16.7 Å². The zero-order valence-electron chi connectivity index (χ0n) is 35.8. The molecule has 1 saturated carbocycles. The maximum Gasteiger partial charge on any atom is 0.306 e. The molecule has 5 aliphatic heterocycles. The Bertz CT molecular complexity index is 2230. The molecule has 0 unspecified atom stereocenters. The minimum absolute atomic E-state index is 0.0357. The lowest BCUT2D eigenvalue weighted by Gasteiger charge is -2.17. The first-order chi connectivity index (χ1) is 27.8. The number of nitrogens with one attached hydrogen (secondary N) is 1. The zero-order chi connectivity index (χ0) is 41.8.